The minimum atomic E-state index is -4.77. The second kappa shape index (κ2) is 10.7. The average Bonchev–Trinajstić information content (AvgIpc) is 3.45. The predicted octanol–water partition coefficient (Wildman–Crippen LogP) is 4.06. The maximum Gasteiger partial charge on any atom is 0.417 e. The number of benzene rings is 1. The molecule has 206 valence electrons. The van der Waals surface area contributed by atoms with E-state index in [1.165, 1.54) is 24.5 Å². The maximum atomic E-state index is 15.5. The molecule has 3 aliphatic heterocycles. The van der Waals surface area contributed by atoms with Gasteiger partial charge in [0.1, 0.15) is 5.82 Å². The number of amides is 1. The van der Waals surface area contributed by atoms with Gasteiger partial charge in [0, 0.05) is 74.7 Å². The van der Waals surface area contributed by atoms with Crippen LogP contribution in [0.2, 0.25) is 0 Å². The molecule has 3 aliphatic rings. The quantitative estimate of drug-likeness (QED) is 0.551. The minimum Gasteiger partial charge on any atom is -0.367 e. The zero-order valence-corrected chi connectivity index (χ0v) is 21.5. The number of nitrogens with zero attached hydrogens (tertiary/aromatic N) is 5. The summed E-state index contributed by atoms with van der Waals surface area (Å²) in [7, 11) is 1.97. The second-order valence-electron chi connectivity index (χ2n) is 9.84. The molecular weight excluding hydrogens is 514 g/mol. The molecule has 0 bridgehead atoms. The fourth-order valence-electron chi connectivity index (χ4n) is 4.88. The summed E-state index contributed by atoms with van der Waals surface area (Å²) in [6.45, 7) is 7.74. The summed E-state index contributed by atoms with van der Waals surface area (Å²) in [5.41, 5.74) is -0.594. The molecule has 12 heteroatoms. The number of alkyl halides is 3. The van der Waals surface area contributed by atoms with Crippen LogP contribution in [0.3, 0.4) is 0 Å². The van der Waals surface area contributed by atoms with E-state index in [1.54, 1.807) is 0 Å². The minimum absolute atomic E-state index is 0.0125. The number of halogens is 4. The molecule has 2 aromatic rings. The first-order valence-electron chi connectivity index (χ1n) is 12.7. The van der Waals surface area contributed by atoms with Crippen LogP contribution < -0.4 is 20.4 Å². The van der Waals surface area contributed by atoms with Gasteiger partial charge in [-0.1, -0.05) is 6.58 Å². The summed E-state index contributed by atoms with van der Waals surface area (Å²) >= 11 is 0. The van der Waals surface area contributed by atoms with Crippen LogP contribution >= 0.6 is 0 Å². The maximum absolute atomic E-state index is 15.5. The van der Waals surface area contributed by atoms with Crippen LogP contribution in [0.25, 0.3) is 11.1 Å². The van der Waals surface area contributed by atoms with Crippen molar-refractivity contribution in [3.05, 3.63) is 66.0 Å². The SMILES string of the molecule is C=C1C=C(C(F)(F)F)C(C(=O)Nc2cc(-c3cnc(N4CCCC4)nc3)c(F)cc2N2CCN(C)CC2)=CN1. The van der Waals surface area contributed by atoms with Crippen molar-refractivity contribution in [2.45, 2.75) is 19.0 Å². The van der Waals surface area contributed by atoms with Gasteiger partial charge in [-0.2, -0.15) is 13.2 Å². The number of allylic oxidation sites excluding steroid dienone is 1. The number of likely N-dealkylation sites (N-methyl/N-ethyl adjacent to an activating group) is 1. The lowest BCUT2D eigenvalue weighted by molar-refractivity contribution is -0.115. The molecule has 0 aliphatic carbocycles. The Morgan fingerprint density at radius 2 is 1.69 bits per heavy atom. The monoisotopic (exact) mass is 543 g/mol. The van der Waals surface area contributed by atoms with E-state index in [0.29, 0.717) is 43.4 Å². The molecular formula is C27H29F4N7O. The van der Waals surface area contributed by atoms with E-state index in [2.05, 4.69) is 37.0 Å². The lowest BCUT2D eigenvalue weighted by atomic mass is 10.0. The first-order chi connectivity index (χ1) is 18.6. The van der Waals surface area contributed by atoms with Gasteiger partial charge in [0.15, 0.2) is 0 Å². The Labute approximate surface area is 223 Å². The van der Waals surface area contributed by atoms with E-state index in [-0.39, 0.29) is 16.9 Å². The molecule has 0 radical (unpaired) electrons. The molecule has 0 unspecified atom stereocenters. The molecule has 4 heterocycles. The molecule has 1 aromatic carbocycles. The summed E-state index contributed by atoms with van der Waals surface area (Å²) in [5, 5.41) is 5.18. The normalized spacial score (nSPS) is 18.5. The fourth-order valence-corrected chi connectivity index (χ4v) is 4.88. The Hall–Kier alpha value is -3.93. The molecule has 39 heavy (non-hydrogen) atoms. The number of nitrogens with one attached hydrogen (secondary N) is 2. The van der Waals surface area contributed by atoms with Gasteiger partial charge in [0.05, 0.1) is 22.5 Å². The second-order valence-corrected chi connectivity index (χ2v) is 9.84. The largest absolute Gasteiger partial charge is 0.417 e. The zero-order valence-electron chi connectivity index (χ0n) is 21.5. The smallest absolute Gasteiger partial charge is 0.367 e. The van der Waals surface area contributed by atoms with Gasteiger partial charge in [0.2, 0.25) is 5.95 Å². The van der Waals surface area contributed by atoms with Crippen LogP contribution in [0, 0.1) is 5.82 Å². The van der Waals surface area contributed by atoms with Crippen LogP contribution in [0.4, 0.5) is 34.9 Å². The zero-order chi connectivity index (χ0) is 27.7. The number of aromatic nitrogens is 2. The first kappa shape index (κ1) is 26.7. The number of anilines is 3. The standard InChI is InChI=1S/C27H29F4N7O/c1-17-11-21(27(29,30)31)20(16-32-17)25(39)35-23-12-19(18-14-33-26(34-15-18)38-5-3-4-6-38)22(28)13-24(23)37-9-7-36(2)8-10-37/h11-16,32H,1,3-10H2,2H3,(H,35,39). The van der Waals surface area contributed by atoms with Crippen LogP contribution in [-0.4, -0.2) is 73.3 Å². The van der Waals surface area contributed by atoms with Crippen molar-refractivity contribution in [2.75, 3.05) is 61.4 Å². The average molecular weight is 544 g/mol. The van der Waals surface area contributed by atoms with Gasteiger partial charge in [-0.3, -0.25) is 4.79 Å². The van der Waals surface area contributed by atoms with Crippen molar-refractivity contribution < 1.29 is 22.4 Å². The summed E-state index contributed by atoms with van der Waals surface area (Å²) in [6.07, 6.45) is 2.14. The summed E-state index contributed by atoms with van der Waals surface area (Å²) in [5.74, 6) is -0.971. The number of piperazine rings is 1. The van der Waals surface area contributed by atoms with Crippen molar-refractivity contribution in [3.8, 4) is 11.1 Å². The Morgan fingerprint density at radius 1 is 1.03 bits per heavy atom. The first-order valence-corrected chi connectivity index (χ1v) is 12.7. The highest BCUT2D eigenvalue weighted by Gasteiger charge is 2.40. The van der Waals surface area contributed by atoms with E-state index in [4.69, 9.17) is 0 Å². The Balaban J connectivity index is 1.50. The highest BCUT2D eigenvalue weighted by molar-refractivity contribution is 6.09. The predicted molar refractivity (Wildman–Crippen MR) is 142 cm³/mol. The van der Waals surface area contributed by atoms with Crippen LogP contribution in [0.15, 0.2) is 60.2 Å². The van der Waals surface area contributed by atoms with E-state index < -0.39 is 29.0 Å². The Kier molecular flexibility index (Phi) is 7.30. The van der Waals surface area contributed by atoms with Crippen molar-refractivity contribution in [1.29, 1.82) is 0 Å². The van der Waals surface area contributed by atoms with Gasteiger partial charge in [-0.05, 0) is 38.1 Å². The Morgan fingerprint density at radius 3 is 2.33 bits per heavy atom. The highest BCUT2D eigenvalue weighted by Crippen LogP contribution is 2.37. The summed E-state index contributed by atoms with van der Waals surface area (Å²) in [4.78, 5) is 28.1. The van der Waals surface area contributed by atoms with Gasteiger partial charge in [-0.15, -0.1) is 0 Å². The fraction of sp³-hybridized carbons (Fsp3) is 0.370. The van der Waals surface area contributed by atoms with Crippen molar-refractivity contribution in [2.24, 2.45) is 0 Å². The van der Waals surface area contributed by atoms with Crippen molar-refractivity contribution in [1.82, 2.24) is 20.2 Å². The number of hydrogen-bond acceptors (Lipinski definition) is 7. The van der Waals surface area contributed by atoms with Crippen LogP contribution in [-0.2, 0) is 4.79 Å². The molecule has 0 saturated carbocycles. The Bertz CT molecular complexity index is 1320. The van der Waals surface area contributed by atoms with E-state index in [0.717, 1.165) is 38.2 Å². The topological polar surface area (TPSA) is 76.6 Å². The molecule has 2 N–H and O–H groups in total. The van der Waals surface area contributed by atoms with E-state index in [9.17, 15) is 18.0 Å². The number of dihydropyridines is 1. The lowest BCUT2D eigenvalue weighted by Gasteiger charge is -2.35. The van der Waals surface area contributed by atoms with E-state index in [1.807, 2.05) is 11.9 Å². The molecule has 0 atom stereocenters. The summed E-state index contributed by atoms with van der Waals surface area (Å²) < 4.78 is 56.6. The molecule has 1 aromatic heterocycles. The molecule has 0 spiro atoms. The third-order valence-corrected chi connectivity index (χ3v) is 7.08. The van der Waals surface area contributed by atoms with E-state index >= 15 is 4.39 Å². The number of carbonyl (C=O) groups excluding carboxylic acids is 1. The third-order valence-electron chi connectivity index (χ3n) is 7.08. The number of carbonyl (C=O) groups is 1. The van der Waals surface area contributed by atoms with Crippen molar-refractivity contribution in [3.63, 3.8) is 0 Å². The number of rotatable bonds is 5. The third kappa shape index (κ3) is 5.75. The lowest BCUT2D eigenvalue weighted by Crippen LogP contribution is -2.44. The van der Waals surface area contributed by atoms with Gasteiger partial charge in [0.25, 0.3) is 5.91 Å². The van der Waals surface area contributed by atoms with Gasteiger partial charge < -0.3 is 25.3 Å². The van der Waals surface area contributed by atoms with Crippen LogP contribution in [0.5, 0.6) is 0 Å². The highest BCUT2D eigenvalue weighted by atomic mass is 19.4. The van der Waals surface area contributed by atoms with Gasteiger partial charge in [-0.25, -0.2) is 14.4 Å². The number of hydrogen-bond donors (Lipinski definition) is 2. The molecule has 8 nitrogen and oxygen atoms in total. The van der Waals surface area contributed by atoms with Crippen molar-refractivity contribution >= 4 is 23.2 Å². The molecule has 5 rings (SSSR count). The molecule has 2 fully saturated rings. The van der Waals surface area contributed by atoms with Crippen LogP contribution in [0.1, 0.15) is 12.8 Å². The summed E-state index contributed by atoms with van der Waals surface area (Å²) in [6, 6.07) is 2.74. The van der Waals surface area contributed by atoms with Gasteiger partial charge >= 0.3 is 6.18 Å². The molecule has 1 amide bonds. The molecule has 2 saturated heterocycles.